The van der Waals surface area contributed by atoms with E-state index in [4.69, 9.17) is 4.74 Å². The molecule has 0 spiro atoms. The topological polar surface area (TPSA) is 49.9 Å². The summed E-state index contributed by atoms with van der Waals surface area (Å²) in [5.41, 5.74) is 2.38. The summed E-state index contributed by atoms with van der Waals surface area (Å²) in [6.45, 7) is 4.11. The third-order valence-electron chi connectivity index (χ3n) is 4.49. The molecule has 5 nitrogen and oxygen atoms in total. The molecule has 0 bridgehead atoms. The average Bonchev–Trinajstić information content (AvgIpc) is 2.67. The van der Waals surface area contributed by atoms with E-state index in [9.17, 15) is 9.59 Å². The molecule has 1 aliphatic rings. The van der Waals surface area contributed by atoms with Crippen LogP contribution in [0.1, 0.15) is 26.3 Å². The molecule has 25 heavy (non-hydrogen) atoms. The van der Waals surface area contributed by atoms with E-state index in [1.165, 1.54) is 0 Å². The Morgan fingerprint density at radius 1 is 0.840 bits per heavy atom. The Hall–Kier alpha value is -2.82. The summed E-state index contributed by atoms with van der Waals surface area (Å²) in [5.74, 6) is 0.537. The number of hydrogen-bond acceptors (Lipinski definition) is 3. The third kappa shape index (κ3) is 3.65. The summed E-state index contributed by atoms with van der Waals surface area (Å²) < 4.78 is 5.27. The SMILES string of the molecule is COc1ccccc1C(=O)N1CCN(C(=O)c2ccc(C)cc2)CC1. The van der Waals surface area contributed by atoms with Gasteiger partial charge in [-0.1, -0.05) is 29.8 Å². The van der Waals surface area contributed by atoms with Gasteiger partial charge in [0.15, 0.2) is 0 Å². The maximum Gasteiger partial charge on any atom is 0.257 e. The van der Waals surface area contributed by atoms with Crippen molar-refractivity contribution in [2.75, 3.05) is 33.3 Å². The number of methoxy groups -OCH3 is 1. The van der Waals surface area contributed by atoms with Crippen LogP contribution in [-0.4, -0.2) is 54.9 Å². The Morgan fingerprint density at radius 3 is 2.00 bits per heavy atom. The molecule has 1 aliphatic heterocycles. The van der Waals surface area contributed by atoms with Gasteiger partial charge in [-0.15, -0.1) is 0 Å². The second-order valence-corrected chi connectivity index (χ2v) is 6.15. The smallest absolute Gasteiger partial charge is 0.257 e. The first kappa shape index (κ1) is 17.0. The molecule has 0 aromatic heterocycles. The summed E-state index contributed by atoms with van der Waals surface area (Å²) in [6, 6.07) is 14.8. The maximum absolute atomic E-state index is 12.7. The van der Waals surface area contributed by atoms with Crippen LogP contribution in [0.3, 0.4) is 0 Å². The summed E-state index contributed by atoms with van der Waals surface area (Å²) in [6.07, 6.45) is 0. The van der Waals surface area contributed by atoms with Crippen LogP contribution in [-0.2, 0) is 0 Å². The predicted octanol–water partition coefficient (Wildman–Crippen LogP) is 2.60. The number of nitrogens with zero attached hydrogens (tertiary/aromatic N) is 2. The van der Waals surface area contributed by atoms with Crippen LogP contribution in [0.5, 0.6) is 5.75 Å². The molecule has 2 aromatic carbocycles. The van der Waals surface area contributed by atoms with Crippen molar-refractivity contribution in [1.82, 2.24) is 9.80 Å². The molecule has 1 heterocycles. The summed E-state index contributed by atoms with van der Waals surface area (Å²) in [4.78, 5) is 28.8. The van der Waals surface area contributed by atoms with Crippen LogP contribution in [0, 0.1) is 6.92 Å². The molecule has 0 saturated carbocycles. The molecule has 2 amide bonds. The number of rotatable bonds is 3. The third-order valence-corrected chi connectivity index (χ3v) is 4.49. The molecule has 3 rings (SSSR count). The lowest BCUT2D eigenvalue weighted by Crippen LogP contribution is -2.50. The molecule has 2 aromatic rings. The number of benzene rings is 2. The Balaban J connectivity index is 1.64. The largest absolute Gasteiger partial charge is 0.496 e. The molecular formula is C20H22N2O3. The zero-order valence-electron chi connectivity index (χ0n) is 14.6. The van der Waals surface area contributed by atoms with E-state index in [1.54, 1.807) is 29.0 Å². The zero-order chi connectivity index (χ0) is 17.8. The van der Waals surface area contributed by atoms with Gasteiger partial charge >= 0.3 is 0 Å². The number of ether oxygens (including phenoxy) is 1. The number of hydrogen-bond donors (Lipinski definition) is 0. The Bertz CT molecular complexity index is 763. The van der Waals surface area contributed by atoms with Gasteiger partial charge in [-0.3, -0.25) is 9.59 Å². The van der Waals surface area contributed by atoms with Gasteiger partial charge in [-0.2, -0.15) is 0 Å². The first-order chi connectivity index (χ1) is 12.1. The van der Waals surface area contributed by atoms with Gasteiger partial charge in [0.25, 0.3) is 11.8 Å². The van der Waals surface area contributed by atoms with Crippen molar-refractivity contribution in [1.29, 1.82) is 0 Å². The van der Waals surface area contributed by atoms with E-state index in [-0.39, 0.29) is 11.8 Å². The summed E-state index contributed by atoms with van der Waals surface area (Å²) in [5, 5.41) is 0. The molecule has 0 radical (unpaired) electrons. The number of aryl methyl sites for hydroxylation is 1. The summed E-state index contributed by atoms with van der Waals surface area (Å²) in [7, 11) is 1.56. The van der Waals surface area contributed by atoms with E-state index in [2.05, 4.69) is 0 Å². The van der Waals surface area contributed by atoms with Gasteiger partial charge < -0.3 is 14.5 Å². The van der Waals surface area contributed by atoms with E-state index < -0.39 is 0 Å². The van der Waals surface area contributed by atoms with Crippen LogP contribution in [0.25, 0.3) is 0 Å². The van der Waals surface area contributed by atoms with Crippen LogP contribution in [0.4, 0.5) is 0 Å². The lowest BCUT2D eigenvalue weighted by Gasteiger charge is -2.35. The number of carbonyl (C=O) groups excluding carboxylic acids is 2. The van der Waals surface area contributed by atoms with Crippen molar-refractivity contribution in [2.45, 2.75) is 6.92 Å². The first-order valence-electron chi connectivity index (χ1n) is 8.38. The summed E-state index contributed by atoms with van der Waals surface area (Å²) >= 11 is 0. The second kappa shape index (κ2) is 7.38. The van der Waals surface area contributed by atoms with Crippen molar-refractivity contribution >= 4 is 11.8 Å². The fraction of sp³-hybridized carbons (Fsp3) is 0.300. The number of carbonyl (C=O) groups is 2. The molecule has 130 valence electrons. The maximum atomic E-state index is 12.7. The minimum atomic E-state index is -0.0557. The van der Waals surface area contributed by atoms with Crippen LogP contribution < -0.4 is 4.74 Å². The minimum absolute atomic E-state index is 0.0180. The standard InChI is InChI=1S/C20H22N2O3/c1-15-7-9-16(10-8-15)19(23)21-11-13-22(14-12-21)20(24)17-5-3-4-6-18(17)25-2/h3-10H,11-14H2,1-2H3. The van der Waals surface area contributed by atoms with Crippen LogP contribution in [0.2, 0.25) is 0 Å². The minimum Gasteiger partial charge on any atom is -0.496 e. The number of para-hydroxylation sites is 1. The molecule has 1 fully saturated rings. The van der Waals surface area contributed by atoms with Gasteiger partial charge in [0.2, 0.25) is 0 Å². The monoisotopic (exact) mass is 338 g/mol. The molecule has 5 heteroatoms. The Labute approximate surface area is 147 Å². The van der Waals surface area contributed by atoms with E-state index >= 15 is 0 Å². The first-order valence-corrected chi connectivity index (χ1v) is 8.38. The van der Waals surface area contributed by atoms with Gasteiger partial charge in [0.1, 0.15) is 5.75 Å². The normalized spacial score (nSPS) is 14.3. The predicted molar refractivity (Wildman–Crippen MR) is 96.0 cm³/mol. The lowest BCUT2D eigenvalue weighted by molar-refractivity contribution is 0.0533. The van der Waals surface area contributed by atoms with Crippen molar-refractivity contribution in [3.63, 3.8) is 0 Å². The Kier molecular flexibility index (Phi) is 5.03. The van der Waals surface area contributed by atoms with Gasteiger partial charge in [-0.25, -0.2) is 0 Å². The highest BCUT2D eigenvalue weighted by atomic mass is 16.5. The van der Waals surface area contributed by atoms with E-state index in [0.717, 1.165) is 5.56 Å². The fourth-order valence-corrected chi connectivity index (χ4v) is 2.98. The van der Waals surface area contributed by atoms with Crippen LogP contribution >= 0.6 is 0 Å². The average molecular weight is 338 g/mol. The second-order valence-electron chi connectivity index (χ2n) is 6.15. The van der Waals surface area contributed by atoms with E-state index in [1.807, 2.05) is 43.3 Å². The van der Waals surface area contributed by atoms with Gasteiger partial charge in [0.05, 0.1) is 12.7 Å². The fourth-order valence-electron chi connectivity index (χ4n) is 2.98. The number of piperazine rings is 1. The molecule has 1 saturated heterocycles. The molecular weight excluding hydrogens is 316 g/mol. The lowest BCUT2D eigenvalue weighted by atomic mass is 10.1. The Morgan fingerprint density at radius 2 is 1.40 bits per heavy atom. The molecule has 0 atom stereocenters. The quantitative estimate of drug-likeness (QED) is 0.864. The van der Waals surface area contributed by atoms with Crippen LogP contribution in [0.15, 0.2) is 48.5 Å². The van der Waals surface area contributed by atoms with Gasteiger partial charge in [-0.05, 0) is 31.2 Å². The van der Waals surface area contributed by atoms with Crippen molar-refractivity contribution < 1.29 is 14.3 Å². The highest BCUT2D eigenvalue weighted by Gasteiger charge is 2.26. The van der Waals surface area contributed by atoms with Crippen molar-refractivity contribution in [2.24, 2.45) is 0 Å². The molecule has 0 unspecified atom stereocenters. The van der Waals surface area contributed by atoms with E-state index in [0.29, 0.717) is 43.1 Å². The molecule has 0 N–H and O–H groups in total. The highest BCUT2D eigenvalue weighted by Crippen LogP contribution is 2.20. The molecule has 0 aliphatic carbocycles. The number of amides is 2. The van der Waals surface area contributed by atoms with Crippen molar-refractivity contribution in [3.05, 3.63) is 65.2 Å². The highest BCUT2D eigenvalue weighted by molar-refractivity contribution is 5.97. The van der Waals surface area contributed by atoms with Gasteiger partial charge in [0, 0.05) is 31.7 Å². The zero-order valence-corrected chi connectivity index (χ0v) is 14.6. The van der Waals surface area contributed by atoms with Crippen molar-refractivity contribution in [3.8, 4) is 5.75 Å².